The zero-order chi connectivity index (χ0) is 26.1. The molecule has 35 heavy (non-hydrogen) atoms. The lowest BCUT2D eigenvalue weighted by Gasteiger charge is -2.17. The minimum atomic E-state index is 0.00223. The Bertz CT molecular complexity index is 1020. The number of thiol groups is 1. The van der Waals surface area contributed by atoms with E-state index in [1.54, 1.807) is 6.07 Å². The Morgan fingerprint density at radius 2 is 1.83 bits per heavy atom. The number of benzene rings is 2. The number of nitrogen functional groups attached to an aromatic ring is 1. The molecule has 1 heterocycles. The van der Waals surface area contributed by atoms with Gasteiger partial charge in [-0.1, -0.05) is 52.0 Å². The molecule has 0 amide bonds. The van der Waals surface area contributed by atoms with Crippen LogP contribution in [0.3, 0.4) is 0 Å². The Hall–Kier alpha value is -2.51. The summed E-state index contributed by atoms with van der Waals surface area (Å²) in [5.74, 6) is 2.16. The number of nitrogens with zero attached hydrogens (tertiary/aromatic N) is 1. The predicted octanol–water partition coefficient (Wildman–Crippen LogP) is 5.51. The molecule has 192 valence electrons. The van der Waals surface area contributed by atoms with E-state index >= 15 is 0 Å². The SMILES string of the molecule is Cc1cccc(C(=O)CC(CO)C(C)C)c1N.Cc1cccc(C2=NC(C(C)C)CO2)c1NCS. The Morgan fingerprint density at radius 1 is 1.17 bits per heavy atom. The van der Waals surface area contributed by atoms with Crippen molar-refractivity contribution in [2.45, 2.75) is 54.0 Å². The number of Topliss-reactive ketones (excluding diaryl/α,β-unsaturated/α-hetero) is 1. The van der Waals surface area contributed by atoms with E-state index in [1.165, 1.54) is 5.56 Å². The molecule has 2 unspecified atom stereocenters. The molecule has 3 rings (SSSR count). The summed E-state index contributed by atoms with van der Waals surface area (Å²) in [5.41, 5.74) is 11.2. The van der Waals surface area contributed by atoms with Crippen LogP contribution in [0.15, 0.2) is 41.4 Å². The molecule has 1 aliphatic heterocycles. The van der Waals surface area contributed by atoms with Crippen molar-refractivity contribution in [2.24, 2.45) is 22.7 Å². The highest BCUT2D eigenvalue weighted by molar-refractivity contribution is 7.80. The third-order valence-corrected chi connectivity index (χ3v) is 6.61. The van der Waals surface area contributed by atoms with Crippen LogP contribution in [0.1, 0.15) is 61.2 Å². The third kappa shape index (κ3) is 7.74. The molecule has 0 aromatic heterocycles. The van der Waals surface area contributed by atoms with Gasteiger partial charge in [-0.05, 0) is 54.9 Å². The van der Waals surface area contributed by atoms with Gasteiger partial charge in [-0.15, -0.1) is 0 Å². The van der Waals surface area contributed by atoms with Crippen LogP contribution in [-0.2, 0) is 4.74 Å². The molecular weight excluding hydrogens is 458 g/mol. The number of nitrogens with two attached hydrogens (primary N) is 1. The van der Waals surface area contributed by atoms with Gasteiger partial charge in [0.1, 0.15) is 6.61 Å². The van der Waals surface area contributed by atoms with Crippen molar-refractivity contribution < 1.29 is 14.6 Å². The predicted molar refractivity (Wildman–Crippen MR) is 150 cm³/mol. The van der Waals surface area contributed by atoms with Crippen molar-refractivity contribution >= 4 is 35.7 Å². The highest BCUT2D eigenvalue weighted by atomic mass is 32.1. The van der Waals surface area contributed by atoms with E-state index in [1.807, 2.05) is 45.0 Å². The fourth-order valence-electron chi connectivity index (χ4n) is 3.82. The Kier molecular flexibility index (Phi) is 11.1. The van der Waals surface area contributed by atoms with Crippen molar-refractivity contribution in [3.63, 3.8) is 0 Å². The van der Waals surface area contributed by atoms with Gasteiger partial charge in [0.2, 0.25) is 5.90 Å². The Morgan fingerprint density at radius 3 is 2.40 bits per heavy atom. The van der Waals surface area contributed by atoms with Crippen LogP contribution in [0, 0.1) is 31.6 Å². The zero-order valence-corrected chi connectivity index (χ0v) is 22.7. The summed E-state index contributed by atoms with van der Waals surface area (Å²) in [7, 11) is 0. The number of rotatable bonds is 9. The Labute approximate surface area is 215 Å². The van der Waals surface area contributed by atoms with E-state index in [9.17, 15) is 9.90 Å². The first-order valence-corrected chi connectivity index (χ1v) is 12.9. The van der Waals surface area contributed by atoms with Crippen LogP contribution in [0.2, 0.25) is 0 Å². The van der Waals surface area contributed by atoms with E-state index < -0.39 is 0 Å². The van der Waals surface area contributed by atoms with Crippen molar-refractivity contribution in [1.29, 1.82) is 0 Å². The maximum atomic E-state index is 12.1. The number of aliphatic hydroxyl groups excluding tert-OH is 1. The van der Waals surface area contributed by atoms with Crippen molar-refractivity contribution in [3.05, 3.63) is 58.7 Å². The maximum absolute atomic E-state index is 12.1. The zero-order valence-electron chi connectivity index (χ0n) is 21.8. The summed E-state index contributed by atoms with van der Waals surface area (Å²) in [5, 5.41) is 12.5. The molecule has 0 fully saturated rings. The Balaban J connectivity index is 0.000000247. The lowest BCUT2D eigenvalue weighted by atomic mass is 9.89. The first-order valence-electron chi connectivity index (χ1n) is 12.2. The van der Waals surface area contributed by atoms with Crippen LogP contribution in [0.25, 0.3) is 0 Å². The highest BCUT2D eigenvalue weighted by Gasteiger charge is 2.24. The van der Waals surface area contributed by atoms with Gasteiger partial charge in [0.25, 0.3) is 0 Å². The number of carbonyl (C=O) groups excluding carboxylic acids is 1. The average molecular weight is 500 g/mol. The molecule has 0 saturated carbocycles. The monoisotopic (exact) mass is 499 g/mol. The summed E-state index contributed by atoms with van der Waals surface area (Å²) in [6.45, 7) is 13.0. The van der Waals surface area contributed by atoms with E-state index in [4.69, 9.17) is 10.5 Å². The maximum Gasteiger partial charge on any atom is 0.218 e. The molecule has 6 nitrogen and oxygen atoms in total. The number of hydrogen-bond donors (Lipinski definition) is 4. The minimum Gasteiger partial charge on any atom is -0.475 e. The molecule has 0 saturated heterocycles. The fourth-order valence-corrected chi connectivity index (χ4v) is 3.98. The number of para-hydroxylation sites is 2. The van der Waals surface area contributed by atoms with Gasteiger partial charge in [-0.2, -0.15) is 12.6 Å². The van der Waals surface area contributed by atoms with E-state index in [2.05, 4.69) is 49.8 Å². The molecule has 2 atom stereocenters. The third-order valence-electron chi connectivity index (χ3n) is 6.45. The van der Waals surface area contributed by atoms with E-state index in [0.717, 1.165) is 22.7 Å². The normalized spacial score (nSPS) is 15.8. The average Bonchev–Trinajstić information content (AvgIpc) is 3.31. The first kappa shape index (κ1) is 28.7. The topological polar surface area (TPSA) is 96.9 Å². The molecule has 0 radical (unpaired) electrons. The molecule has 0 bridgehead atoms. The van der Waals surface area contributed by atoms with Crippen LogP contribution in [0.4, 0.5) is 11.4 Å². The second-order valence-corrected chi connectivity index (χ2v) is 10.1. The number of nitrogens with one attached hydrogen (secondary N) is 1. The lowest BCUT2D eigenvalue weighted by molar-refractivity contribution is 0.0908. The van der Waals surface area contributed by atoms with Crippen molar-refractivity contribution in [1.82, 2.24) is 0 Å². The second kappa shape index (κ2) is 13.5. The van der Waals surface area contributed by atoms with Crippen LogP contribution >= 0.6 is 12.6 Å². The number of ketones is 1. The standard InChI is InChI=1S/C14H20N2OS.C14H21NO2/c1-9(2)12-7-17-14(16-12)11-6-4-5-10(3)13(11)15-8-18;1-9(2)11(8-16)7-13(17)12-6-4-5-10(3)14(12)15/h4-6,9,12,15,18H,7-8H2,1-3H3;4-6,9,11,16H,7-8,15H2,1-3H3. The van der Waals surface area contributed by atoms with Crippen LogP contribution in [0.5, 0.6) is 0 Å². The van der Waals surface area contributed by atoms with E-state index in [0.29, 0.717) is 36.1 Å². The summed E-state index contributed by atoms with van der Waals surface area (Å²) in [4.78, 5) is 16.8. The molecule has 2 aromatic rings. The van der Waals surface area contributed by atoms with Gasteiger partial charge in [0.05, 0.1) is 23.2 Å². The van der Waals surface area contributed by atoms with Crippen molar-refractivity contribution in [2.75, 3.05) is 30.1 Å². The number of aryl methyl sites for hydroxylation is 2. The van der Waals surface area contributed by atoms with Gasteiger partial charge in [-0.25, -0.2) is 4.99 Å². The lowest BCUT2D eigenvalue weighted by Crippen LogP contribution is -2.18. The molecule has 4 N–H and O–H groups in total. The molecule has 1 aliphatic rings. The van der Waals surface area contributed by atoms with Gasteiger partial charge >= 0.3 is 0 Å². The fraction of sp³-hybridized carbons (Fsp3) is 0.500. The van der Waals surface area contributed by atoms with Crippen LogP contribution < -0.4 is 11.1 Å². The number of ether oxygens (including phenoxy) is 1. The smallest absolute Gasteiger partial charge is 0.218 e. The quantitative estimate of drug-likeness (QED) is 0.158. The minimum absolute atomic E-state index is 0.00223. The number of aliphatic imine (C=N–C) groups is 1. The number of aliphatic hydroxyl groups is 1. The summed E-state index contributed by atoms with van der Waals surface area (Å²) < 4.78 is 5.74. The largest absolute Gasteiger partial charge is 0.475 e. The van der Waals surface area contributed by atoms with Crippen molar-refractivity contribution in [3.8, 4) is 0 Å². The number of hydrogen-bond acceptors (Lipinski definition) is 7. The summed E-state index contributed by atoms with van der Waals surface area (Å²) >= 11 is 4.23. The molecular formula is C28H41N3O3S. The summed E-state index contributed by atoms with van der Waals surface area (Å²) in [6, 6.07) is 11.9. The number of anilines is 2. The van der Waals surface area contributed by atoms with Gasteiger partial charge in [-0.3, -0.25) is 4.79 Å². The summed E-state index contributed by atoms with van der Waals surface area (Å²) in [6.07, 6.45) is 0.349. The van der Waals surface area contributed by atoms with Crippen LogP contribution in [-0.4, -0.2) is 41.9 Å². The van der Waals surface area contributed by atoms with E-state index in [-0.39, 0.29) is 30.3 Å². The molecule has 0 spiro atoms. The first-order chi connectivity index (χ1) is 16.6. The van der Waals surface area contributed by atoms with Gasteiger partial charge in [0.15, 0.2) is 5.78 Å². The van der Waals surface area contributed by atoms with Gasteiger partial charge < -0.3 is 20.9 Å². The molecule has 2 aromatic carbocycles. The highest BCUT2D eigenvalue weighted by Crippen LogP contribution is 2.26. The van der Waals surface area contributed by atoms with Gasteiger partial charge in [0, 0.05) is 24.3 Å². The molecule has 0 aliphatic carbocycles. The second-order valence-electron chi connectivity index (χ2n) is 9.74. The molecule has 7 heteroatoms. The number of carbonyl (C=O) groups is 1.